The minimum absolute atomic E-state index is 0.181. The van der Waals surface area contributed by atoms with E-state index >= 15 is 0 Å². The van der Waals surface area contributed by atoms with Gasteiger partial charge >= 0.3 is 6.09 Å². The zero-order valence-electron chi connectivity index (χ0n) is 21.7. The first kappa shape index (κ1) is 27.1. The summed E-state index contributed by atoms with van der Waals surface area (Å²) in [6.07, 6.45) is 3.58. The highest BCUT2D eigenvalue weighted by molar-refractivity contribution is 6.30. The van der Waals surface area contributed by atoms with Crippen molar-refractivity contribution >= 4 is 23.4 Å². The summed E-state index contributed by atoms with van der Waals surface area (Å²) in [6, 6.07) is 6.13. The maximum absolute atomic E-state index is 13.6. The molecule has 3 fully saturated rings. The molecule has 1 aromatic carbocycles. The Hall–Kier alpha value is -1.53. The summed E-state index contributed by atoms with van der Waals surface area (Å²) >= 11 is 6.31. The highest BCUT2D eigenvalue weighted by Crippen LogP contribution is 2.41. The number of amides is 1. The molecule has 0 N–H and O–H groups in total. The van der Waals surface area contributed by atoms with Crippen LogP contribution in [0.2, 0.25) is 5.02 Å². The Morgan fingerprint density at radius 1 is 1.09 bits per heavy atom. The molecule has 0 saturated carbocycles. The van der Waals surface area contributed by atoms with E-state index in [0.29, 0.717) is 12.8 Å². The van der Waals surface area contributed by atoms with Crippen LogP contribution in [0, 0.1) is 5.41 Å². The molecule has 3 aliphatic rings. The molecule has 192 valence electrons. The fraction of sp³-hybridized carbons (Fsp3) is 0.741. The number of piperidine rings is 2. The second kappa shape index (κ2) is 11.5. The fourth-order valence-electron chi connectivity index (χ4n) is 5.31. The van der Waals surface area contributed by atoms with Crippen LogP contribution in [0.15, 0.2) is 18.2 Å². The van der Waals surface area contributed by atoms with Gasteiger partial charge in [-0.25, -0.2) is 9.18 Å². The smallest absolute Gasteiger partial charge is 0.410 e. The maximum atomic E-state index is 13.6. The molecule has 5 nitrogen and oxygen atoms in total. The molecular formula is C27H43ClFN3O2. The van der Waals surface area contributed by atoms with Gasteiger partial charge in [0.2, 0.25) is 0 Å². The van der Waals surface area contributed by atoms with Crippen molar-refractivity contribution in [2.75, 3.05) is 44.2 Å². The minimum atomic E-state index is -0.682. The number of anilines is 1. The van der Waals surface area contributed by atoms with Crippen molar-refractivity contribution in [2.24, 2.45) is 5.41 Å². The second-order valence-corrected chi connectivity index (χ2v) is 11.3. The summed E-state index contributed by atoms with van der Waals surface area (Å²) in [5.41, 5.74) is 2.19. The first-order valence-electron chi connectivity index (χ1n) is 13.0. The lowest BCUT2D eigenvalue weighted by molar-refractivity contribution is 0.0245. The number of alkyl halides is 1. The van der Waals surface area contributed by atoms with Gasteiger partial charge in [-0.15, -0.1) is 0 Å². The van der Waals surface area contributed by atoms with Gasteiger partial charge in [-0.2, -0.15) is 0 Å². The zero-order valence-corrected chi connectivity index (χ0v) is 22.5. The monoisotopic (exact) mass is 495 g/mol. The van der Waals surface area contributed by atoms with Gasteiger partial charge in [-0.3, -0.25) is 4.90 Å². The molecule has 0 bridgehead atoms. The van der Waals surface area contributed by atoms with Gasteiger partial charge in [0, 0.05) is 43.4 Å². The third-order valence-electron chi connectivity index (χ3n) is 7.21. The molecular weight excluding hydrogens is 453 g/mol. The van der Waals surface area contributed by atoms with E-state index in [1.807, 2.05) is 51.7 Å². The Labute approximate surface area is 210 Å². The number of hydrogen-bond donors (Lipinski definition) is 0. The van der Waals surface area contributed by atoms with Gasteiger partial charge in [0.05, 0.1) is 0 Å². The number of nitrogens with zero attached hydrogens (tertiary/aromatic N) is 3. The van der Waals surface area contributed by atoms with Gasteiger partial charge in [0.15, 0.2) is 0 Å². The molecule has 0 aromatic heterocycles. The van der Waals surface area contributed by atoms with Crippen LogP contribution in [0.3, 0.4) is 0 Å². The number of carbonyl (C=O) groups excluding carboxylic acids is 1. The van der Waals surface area contributed by atoms with Crippen LogP contribution < -0.4 is 4.90 Å². The number of benzene rings is 1. The predicted molar refractivity (Wildman–Crippen MR) is 139 cm³/mol. The quantitative estimate of drug-likeness (QED) is 0.477. The molecule has 3 saturated heterocycles. The van der Waals surface area contributed by atoms with Gasteiger partial charge in [-0.05, 0) is 89.1 Å². The molecule has 1 amide bonds. The standard InChI is InChI=1S/C25H37ClFN3O2.C2H6/c1-24(2,3)32-23(31)30-15-10-25(18-30)8-13-28(14-9-25)17-19-4-5-20(26)16-22(19)29-11-6-21(27)7-12-29;1-2/h4-5,16,21H,6-15,17-18H2,1-3H3;1-2H3. The van der Waals surface area contributed by atoms with E-state index in [2.05, 4.69) is 15.9 Å². The van der Waals surface area contributed by atoms with Gasteiger partial charge < -0.3 is 14.5 Å². The van der Waals surface area contributed by atoms with Gasteiger partial charge in [-0.1, -0.05) is 31.5 Å². The van der Waals surface area contributed by atoms with Gasteiger partial charge in [0.1, 0.15) is 11.8 Å². The lowest BCUT2D eigenvalue weighted by Gasteiger charge is -2.40. The molecule has 0 radical (unpaired) electrons. The number of likely N-dealkylation sites (tertiary alicyclic amines) is 2. The summed E-state index contributed by atoms with van der Waals surface area (Å²) in [6.45, 7) is 15.8. The van der Waals surface area contributed by atoms with Crippen LogP contribution in [0.4, 0.5) is 14.9 Å². The second-order valence-electron chi connectivity index (χ2n) is 10.9. The lowest BCUT2D eigenvalue weighted by atomic mass is 9.77. The minimum Gasteiger partial charge on any atom is -0.444 e. The Kier molecular flexibility index (Phi) is 9.13. The lowest BCUT2D eigenvalue weighted by Crippen LogP contribution is -2.43. The third kappa shape index (κ3) is 7.00. The van der Waals surface area contributed by atoms with Crippen molar-refractivity contribution in [3.63, 3.8) is 0 Å². The molecule has 1 aromatic rings. The van der Waals surface area contributed by atoms with Crippen molar-refractivity contribution in [1.82, 2.24) is 9.80 Å². The van der Waals surface area contributed by atoms with Crippen LogP contribution in [-0.4, -0.2) is 66.9 Å². The molecule has 0 unspecified atom stereocenters. The Morgan fingerprint density at radius 3 is 2.32 bits per heavy atom. The van der Waals surface area contributed by atoms with Crippen LogP contribution in [-0.2, 0) is 11.3 Å². The van der Waals surface area contributed by atoms with Crippen LogP contribution in [0.5, 0.6) is 0 Å². The molecule has 4 rings (SSSR count). The molecule has 3 aliphatic heterocycles. The summed E-state index contributed by atoms with van der Waals surface area (Å²) < 4.78 is 19.2. The zero-order chi connectivity index (χ0) is 24.9. The predicted octanol–water partition coefficient (Wildman–Crippen LogP) is 6.53. The van der Waals surface area contributed by atoms with E-state index < -0.39 is 11.8 Å². The molecule has 0 atom stereocenters. The maximum Gasteiger partial charge on any atom is 0.410 e. The van der Waals surface area contributed by atoms with Crippen molar-refractivity contribution in [3.8, 4) is 0 Å². The molecule has 3 heterocycles. The molecule has 34 heavy (non-hydrogen) atoms. The normalized spacial score (nSPS) is 21.4. The van der Waals surface area contributed by atoms with E-state index in [1.165, 1.54) is 5.56 Å². The first-order chi connectivity index (χ1) is 16.1. The SMILES string of the molecule is CC.CC(C)(C)OC(=O)N1CCC2(CCN(Cc3ccc(Cl)cc3N3CCC(F)CC3)CC2)C1. The van der Waals surface area contributed by atoms with Crippen molar-refractivity contribution in [2.45, 2.75) is 85.0 Å². The Bertz CT molecular complexity index is 813. The van der Waals surface area contributed by atoms with Crippen molar-refractivity contribution in [3.05, 3.63) is 28.8 Å². The highest BCUT2D eigenvalue weighted by Gasteiger charge is 2.43. The van der Waals surface area contributed by atoms with Crippen LogP contribution in [0.25, 0.3) is 0 Å². The van der Waals surface area contributed by atoms with E-state index in [4.69, 9.17) is 16.3 Å². The molecule has 1 spiro atoms. The number of carbonyl (C=O) groups is 1. The Balaban J connectivity index is 0.00000158. The summed E-state index contributed by atoms with van der Waals surface area (Å²) in [5, 5.41) is 0.733. The molecule has 7 heteroatoms. The van der Waals surface area contributed by atoms with E-state index in [0.717, 1.165) is 75.8 Å². The van der Waals surface area contributed by atoms with Crippen LogP contribution >= 0.6 is 11.6 Å². The number of halogens is 2. The van der Waals surface area contributed by atoms with Crippen molar-refractivity contribution < 1.29 is 13.9 Å². The van der Waals surface area contributed by atoms with E-state index in [9.17, 15) is 9.18 Å². The fourth-order valence-corrected chi connectivity index (χ4v) is 5.47. The first-order valence-corrected chi connectivity index (χ1v) is 13.4. The summed E-state index contributed by atoms with van der Waals surface area (Å²) in [7, 11) is 0. The topological polar surface area (TPSA) is 36.0 Å². The van der Waals surface area contributed by atoms with Crippen LogP contribution in [0.1, 0.15) is 72.3 Å². The largest absolute Gasteiger partial charge is 0.444 e. The number of rotatable bonds is 3. The van der Waals surface area contributed by atoms with E-state index in [1.54, 1.807) is 0 Å². The number of hydrogen-bond acceptors (Lipinski definition) is 4. The molecule has 0 aliphatic carbocycles. The summed E-state index contributed by atoms with van der Waals surface area (Å²) in [5.74, 6) is 0. The van der Waals surface area contributed by atoms with Gasteiger partial charge in [0.25, 0.3) is 0 Å². The highest BCUT2D eigenvalue weighted by atomic mass is 35.5. The average molecular weight is 496 g/mol. The summed E-state index contributed by atoms with van der Waals surface area (Å²) in [4.78, 5) is 19.2. The van der Waals surface area contributed by atoms with E-state index in [-0.39, 0.29) is 11.5 Å². The third-order valence-corrected chi connectivity index (χ3v) is 7.45. The van der Waals surface area contributed by atoms with Crippen molar-refractivity contribution in [1.29, 1.82) is 0 Å². The number of ether oxygens (including phenoxy) is 1. The Morgan fingerprint density at radius 2 is 1.71 bits per heavy atom. The average Bonchev–Trinajstić information content (AvgIpc) is 3.21.